The van der Waals surface area contributed by atoms with Crippen LogP contribution in [-0.2, 0) is 12.8 Å². The second kappa shape index (κ2) is 7.16. The number of benzene rings is 3. The Bertz CT molecular complexity index is 1140. The molecule has 0 saturated carbocycles. The summed E-state index contributed by atoms with van der Waals surface area (Å²) in [4.78, 5) is 0. The minimum absolute atomic E-state index is 0.996. The van der Waals surface area contributed by atoms with Gasteiger partial charge in [0.2, 0.25) is 0 Å². The van der Waals surface area contributed by atoms with Crippen molar-refractivity contribution in [2.45, 2.75) is 32.6 Å². The topological polar surface area (TPSA) is 29.9 Å². The van der Waals surface area contributed by atoms with Gasteiger partial charge >= 0.3 is 0 Å². The van der Waals surface area contributed by atoms with Gasteiger partial charge < -0.3 is 5.32 Å². The van der Waals surface area contributed by atoms with E-state index in [-0.39, 0.29) is 0 Å². The van der Waals surface area contributed by atoms with Gasteiger partial charge in [-0.15, -0.1) is 0 Å². The van der Waals surface area contributed by atoms with E-state index in [1.54, 1.807) is 0 Å². The highest BCUT2D eigenvalue weighted by Crippen LogP contribution is 2.35. The number of anilines is 1. The lowest BCUT2D eigenvalue weighted by Crippen LogP contribution is -2.08. The zero-order valence-corrected chi connectivity index (χ0v) is 16.3. The lowest BCUT2D eigenvalue weighted by atomic mass is 10.0. The first-order valence-electron chi connectivity index (χ1n) is 10.3. The van der Waals surface area contributed by atoms with E-state index in [1.165, 1.54) is 51.8 Å². The van der Waals surface area contributed by atoms with Crippen LogP contribution in [0.1, 0.15) is 30.9 Å². The van der Waals surface area contributed by atoms with Gasteiger partial charge in [-0.05, 0) is 54.2 Å². The molecule has 1 aliphatic rings. The van der Waals surface area contributed by atoms with Gasteiger partial charge in [0, 0.05) is 17.7 Å². The first kappa shape index (κ1) is 17.1. The van der Waals surface area contributed by atoms with Crippen molar-refractivity contribution >= 4 is 16.6 Å². The van der Waals surface area contributed by atoms with E-state index in [1.807, 2.05) is 0 Å². The molecule has 0 spiro atoms. The van der Waals surface area contributed by atoms with E-state index in [9.17, 15) is 0 Å². The van der Waals surface area contributed by atoms with Gasteiger partial charge in [0.15, 0.2) is 0 Å². The maximum atomic E-state index is 5.14. The fraction of sp³-hybridized carbons (Fsp3) is 0.240. The molecule has 5 rings (SSSR count). The molecule has 3 aromatic carbocycles. The highest BCUT2D eigenvalue weighted by molar-refractivity contribution is 5.87. The molecule has 0 saturated heterocycles. The number of para-hydroxylation sites is 1. The second-order valence-corrected chi connectivity index (χ2v) is 7.52. The maximum Gasteiger partial charge on any atom is 0.133 e. The highest BCUT2D eigenvalue weighted by atomic mass is 15.3. The predicted molar refractivity (Wildman–Crippen MR) is 117 cm³/mol. The molecule has 0 bridgehead atoms. The van der Waals surface area contributed by atoms with Crippen LogP contribution in [0.3, 0.4) is 0 Å². The van der Waals surface area contributed by atoms with Crippen molar-refractivity contribution in [3.63, 3.8) is 0 Å². The lowest BCUT2D eigenvalue weighted by Gasteiger charge is -2.12. The smallest absolute Gasteiger partial charge is 0.133 e. The molecular weight excluding hydrogens is 342 g/mol. The van der Waals surface area contributed by atoms with Crippen molar-refractivity contribution in [3.05, 3.63) is 77.9 Å². The van der Waals surface area contributed by atoms with Crippen LogP contribution in [0.15, 0.2) is 66.7 Å². The molecule has 0 aliphatic carbocycles. The molecule has 0 atom stereocenters. The standard InChI is InChI=1S/C25H25N3/c1-2-18-9-5-6-13-23(18)28-25-22(12-7-8-16-26-25)24(27-28)21-15-14-19-10-3-4-11-20(19)17-21/h3-6,9-11,13-15,17,26H,2,7-8,12,16H2,1H3. The Morgan fingerprint density at radius 2 is 1.75 bits per heavy atom. The quantitative estimate of drug-likeness (QED) is 0.481. The SMILES string of the molecule is CCc1ccccc1-n1nc(-c2ccc3ccccc3c2)c2c1NCCCC2. The van der Waals surface area contributed by atoms with Gasteiger partial charge in [0.1, 0.15) is 5.82 Å². The summed E-state index contributed by atoms with van der Waals surface area (Å²) in [6, 6.07) is 23.8. The number of aromatic nitrogens is 2. The lowest BCUT2D eigenvalue weighted by molar-refractivity contribution is 0.779. The van der Waals surface area contributed by atoms with Crippen LogP contribution in [0, 0.1) is 0 Å². The molecule has 0 radical (unpaired) electrons. The summed E-state index contributed by atoms with van der Waals surface area (Å²) in [5.41, 5.74) is 6.16. The number of hydrogen-bond donors (Lipinski definition) is 1. The minimum atomic E-state index is 0.996. The average molecular weight is 367 g/mol. The van der Waals surface area contributed by atoms with Crippen LogP contribution in [0.5, 0.6) is 0 Å². The third kappa shape index (κ3) is 2.88. The van der Waals surface area contributed by atoms with Gasteiger partial charge in [-0.2, -0.15) is 5.10 Å². The van der Waals surface area contributed by atoms with E-state index < -0.39 is 0 Å². The summed E-state index contributed by atoms with van der Waals surface area (Å²) < 4.78 is 2.14. The maximum absolute atomic E-state index is 5.14. The summed E-state index contributed by atoms with van der Waals surface area (Å²) in [6.45, 7) is 3.21. The molecule has 2 heterocycles. The largest absolute Gasteiger partial charge is 0.370 e. The Labute approximate surface area is 166 Å². The molecule has 1 aliphatic heterocycles. The fourth-order valence-corrected chi connectivity index (χ4v) is 4.26. The van der Waals surface area contributed by atoms with Gasteiger partial charge in [-0.25, -0.2) is 4.68 Å². The van der Waals surface area contributed by atoms with E-state index in [0.29, 0.717) is 0 Å². The van der Waals surface area contributed by atoms with E-state index in [4.69, 9.17) is 5.10 Å². The number of rotatable bonds is 3. The van der Waals surface area contributed by atoms with Crippen LogP contribution in [0.2, 0.25) is 0 Å². The molecule has 28 heavy (non-hydrogen) atoms. The van der Waals surface area contributed by atoms with Crippen LogP contribution >= 0.6 is 0 Å². The van der Waals surface area contributed by atoms with Crippen molar-refractivity contribution in [1.82, 2.24) is 9.78 Å². The van der Waals surface area contributed by atoms with E-state index in [2.05, 4.69) is 83.7 Å². The first-order chi connectivity index (χ1) is 13.8. The van der Waals surface area contributed by atoms with Gasteiger partial charge in [-0.3, -0.25) is 0 Å². The number of aryl methyl sites for hydroxylation is 1. The van der Waals surface area contributed by atoms with Crippen molar-refractivity contribution in [2.24, 2.45) is 0 Å². The third-order valence-electron chi connectivity index (χ3n) is 5.75. The highest BCUT2D eigenvalue weighted by Gasteiger charge is 2.22. The van der Waals surface area contributed by atoms with E-state index >= 15 is 0 Å². The number of hydrogen-bond acceptors (Lipinski definition) is 2. The van der Waals surface area contributed by atoms with Crippen LogP contribution in [-0.4, -0.2) is 16.3 Å². The molecule has 1 N–H and O–H groups in total. The van der Waals surface area contributed by atoms with Crippen LogP contribution < -0.4 is 5.32 Å². The molecular formula is C25H25N3. The number of nitrogens with one attached hydrogen (secondary N) is 1. The first-order valence-corrected chi connectivity index (χ1v) is 10.3. The monoisotopic (exact) mass is 367 g/mol. The summed E-state index contributed by atoms with van der Waals surface area (Å²) in [7, 11) is 0. The molecule has 3 nitrogen and oxygen atoms in total. The fourth-order valence-electron chi connectivity index (χ4n) is 4.26. The normalized spacial score (nSPS) is 13.8. The Morgan fingerprint density at radius 3 is 2.64 bits per heavy atom. The Hall–Kier alpha value is -3.07. The van der Waals surface area contributed by atoms with Crippen LogP contribution in [0.25, 0.3) is 27.7 Å². The zero-order valence-electron chi connectivity index (χ0n) is 16.3. The molecule has 0 amide bonds. The minimum Gasteiger partial charge on any atom is -0.370 e. The number of fused-ring (bicyclic) bond motifs is 2. The van der Waals surface area contributed by atoms with Crippen molar-refractivity contribution in [3.8, 4) is 16.9 Å². The summed E-state index contributed by atoms with van der Waals surface area (Å²) in [5.74, 6) is 1.17. The Balaban J connectivity index is 1.73. The molecule has 0 fully saturated rings. The molecule has 140 valence electrons. The Morgan fingerprint density at radius 1 is 0.929 bits per heavy atom. The average Bonchev–Trinajstić information content (AvgIpc) is 2.93. The molecule has 4 aromatic rings. The number of nitrogens with zero attached hydrogens (tertiary/aromatic N) is 2. The predicted octanol–water partition coefficient (Wildman–Crippen LogP) is 6.00. The molecule has 1 aromatic heterocycles. The van der Waals surface area contributed by atoms with Gasteiger partial charge in [0.25, 0.3) is 0 Å². The van der Waals surface area contributed by atoms with Crippen molar-refractivity contribution in [2.75, 3.05) is 11.9 Å². The summed E-state index contributed by atoms with van der Waals surface area (Å²) in [5, 5.41) is 11.3. The zero-order chi connectivity index (χ0) is 18.9. The van der Waals surface area contributed by atoms with E-state index in [0.717, 1.165) is 25.1 Å². The third-order valence-corrected chi connectivity index (χ3v) is 5.75. The molecule has 0 unspecified atom stereocenters. The second-order valence-electron chi connectivity index (χ2n) is 7.52. The van der Waals surface area contributed by atoms with Crippen LogP contribution in [0.4, 0.5) is 5.82 Å². The van der Waals surface area contributed by atoms with Gasteiger partial charge in [-0.1, -0.05) is 61.5 Å². The summed E-state index contributed by atoms with van der Waals surface area (Å²) >= 11 is 0. The Kier molecular flexibility index (Phi) is 4.36. The summed E-state index contributed by atoms with van der Waals surface area (Å²) in [6.07, 6.45) is 4.46. The van der Waals surface area contributed by atoms with Crippen molar-refractivity contribution in [1.29, 1.82) is 0 Å². The van der Waals surface area contributed by atoms with Gasteiger partial charge in [0.05, 0.1) is 11.4 Å². The molecule has 3 heteroatoms. The van der Waals surface area contributed by atoms with Crippen molar-refractivity contribution < 1.29 is 0 Å².